The fraction of sp³-hybridized carbons (Fsp3) is 0.235. The molecule has 0 atom stereocenters. The molecule has 0 aliphatic carbocycles. The van der Waals surface area contributed by atoms with Crippen LogP contribution in [-0.4, -0.2) is 42.3 Å². The summed E-state index contributed by atoms with van der Waals surface area (Å²) in [7, 11) is -4.44. The lowest BCUT2D eigenvalue weighted by molar-refractivity contribution is 0.0524. The quantitative estimate of drug-likeness (QED) is 0.602. The second kappa shape index (κ2) is 7.12. The molecule has 138 valence electrons. The number of rotatable bonds is 6. The second-order valence-corrected chi connectivity index (χ2v) is 7.13. The predicted octanol–water partition coefficient (Wildman–Crippen LogP) is 2.03. The van der Waals surface area contributed by atoms with E-state index in [-0.39, 0.29) is 29.1 Å². The fourth-order valence-electron chi connectivity index (χ4n) is 2.75. The number of carboxylic acid groups (broad SMARTS) is 1. The lowest BCUT2D eigenvalue weighted by Gasteiger charge is -2.12. The average molecular weight is 379 g/mol. The molecule has 0 spiro atoms. The molecular weight excluding hydrogens is 362 g/mol. The highest BCUT2D eigenvalue weighted by Crippen LogP contribution is 2.28. The highest BCUT2D eigenvalue weighted by atomic mass is 32.2. The first-order valence-electron chi connectivity index (χ1n) is 7.60. The zero-order chi connectivity index (χ0) is 19.6. The number of benzene rings is 1. The van der Waals surface area contributed by atoms with Gasteiger partial charge in [-0.1, -0.05) is 12.1 Å². The maximum absolute atomic E-state index is 13.1. The van der Waals surface area contributed by atoms with E-state index in [1.807, 2.05) is 0 Å². The number of aldehydes is 1. The van der Waals surface area contributed by atoms with Crippen molar-refractivity contribution >= 4 is 28.2 Å². The number of aromatic nitrogens is 1. The normalized spacial score (nSPS) is 11.2. The van der Waals surface area contributed by atoms with Gasteiger partial charge in [0.15, 0.2) is 6.29 Å². The van der Waals surface area contributed by atoms with Crippen LogP contribution < -0.4 is 0 Å². The number of ether oxygens (including phenoxy) is 1. The van der Waals surface area contributed by atoms with Gasteiger partial charge in [0.05, 0.1) is 17.7 Å². The van der Waals surface area contributed by atoms with E-state index in [4.69, 9.17) is 4.74 Å². The van der Waals surface area contributed by atoms with E-state index in [1.54, 1.807) is 6.92 Å². The van der Waals surface area contributed by atoms with Gasteiger partial charge >= 0.3 is 11.9 Å². The molecule has 1 aromatic heterocycles. The van der Waals surface area contributed by atoms with E-state index in [2.05, 4.69) is 0 Å². The summed E-state index contributed by atoms with van der Waals surface area (Å²) in [6, 6.07) is 5.04. The van der Waals surface area contributed by atoms with Crippen LogP contribution in [0, 0.1) is 13.8 Å². The minimum atomic E-state index is -4.44. The summed E-state index contributed by atoms with van der Waals surface area (Å²) in [4.78, 5) is 34.6. The Balaban J connectivity index is 2.84. The summed E-state index contributed by atoms with van der Waals surface area (Å²) in [5, 5.41) is 9.27. The van der Waals surface area contributed by atoms with E-state index in [1.165, 1.54) is 26.0 Å². The van der Waals surface area contributed by atoms with Gasteiger partial charge in [-0.05, 0) is 38.5 Å². The van der Waals surface area contributed by atoms with Gasteiger partial charge in [0, 0.05) is 5.69 Å². The van der Waals surface area contributed by atoms with Gasteiger partial charge in [-0.3, -0.25) is 4.79 Å². The van der Waals surface area contributed by atoms with Gasteiger partial charge in [-0.15, -0.1) is 0 Å². The third-order valence-electron chi connectivity index (χ3n) is 3.87. The molecule has 0 unspecified atom stereocenters. The molecule has 2 aromatic rings. The van der Waals surface area contributed by atoms with Crippen LogP contribution in [-0.2, 0) is 14.8 Å². The Bertz CT molecular complexity index is 1000. The third kappa shape index (κ3) is 3.01. The minimum absolute atomic E-state index is 0.0248. The SMILES string of the molecule is CCOC(=O)c1c(C)c(C=O)n(S(=O)(=O)c2ccccc2C(=O)O)c1C. The molecule has 8 nitrogen and oxygen atoms in total. The number of esters is 1. The van der Waals surface area contributed by atoms with Gasteiger partial charge in [0.25, 0.3) is 10.0 Å². The third-order valence-corrected chi connectivity index (χ3v) is 5.73. The first-order chi connectivity index (χ1) is 12.2. The number of hydrogen-bond donors (Lipinski definition) is 1. The molecule has 0 aliphatic heterocycles. The van der Waals surface area contributed by atoms with Crippen molar-refractivity contribution in [2.24, 2.45) is 0 Å². The van der Waals surface area contributed by atoms with E-state index in [0.717, 1.165) is 12.1 Å². The summed E-state index contributed by atoms with van der Waals surface area (Å²) in [6.07, 6.45) is 0.311. The van der Waals surface area contributed by atoms with Crippen molar-refractivity contribution in [3.8, 4) is 0 Å². The van der Waals surface area contributed by atoms with Crippen LogP contribution in [0.4, 0.5) is 0 Å². The van der Waals surface area contributed by atoms with Gasteiger partial charge in [0.1, 0.15) is 10.6 Å². The van der Waals surface area contributed by atoms with Crippen molar-refractivity contribution in [1.82, 2.24) is 3.97 Å². The Morgan fingerprint density at radius 3 is 2.38 bits per heavy atom. The van der Waals surface area contributed by atoms with Crippen molar-refractivity contribution in [1.29, 1.82) is 0 Å². The number of carbonyl (C=O) groups is 3. The van der Waals surface area contributed by atoms with Crippen molar-refractivity contribution in [2.45, 2.75) is 25.7 Å². The lowest BCUT2D eigenvalue weighted by atomic mass is 10.1. The van der Waals surface area contributed by atoms with Gasteiger partial charge < -0.3 is 9.84 Å². The molecule has 0 amide bonds. The van der Waals surface area contributed by atoms with Crippen LogP contribution in [0.2, 0.25) is 0 Å². The first-order valence-corrected chi connectivity index (χ1v) is 9.04. The smallest absolute Gasteiger partial charge is 0.340 e. The van der Waals surface area contributed by atoms with E-state index < -0.39 is 32.4 Å². The summed E-state index contributed by atoms with van der Waals surface area (Å²) in [5.41, 5.74) is -0.612. The van der Waals surface area contributed by atoms with Crippen molar-refractivity contribution in [3.63, 3.8) is 0 Å². The molecule has 2 rings (SSSR count). The number of carbonyl (C=O) groups excluding carboxylic acids is 2. The fourth-order valence-corrected chi connectivity index (χ4v) is 4.52. The number of carboxylic acids is 1. The van der Waals surface area contributed by atoms with Gasteiger partial charge in [0.2, 0.25) is 0 Å². The summed E-state index contributed by atoms with van der Waals surface area (Å²) < 4.78 is 31.8. The van der Waals surface area contributed by atoms with Crippen molar-refractivity contribution in [3.05, 3.63) is 52.3 Å². The standard InChI is InChI=1S/C17H17NO7S/c1-4-25-17(22)15-10(2)13(9-19)18(11(15)3)26(23,24)14-8-6-5-7-12(14)16(20)21/h5-9H,4H2,1-3H3,(H,20,21). The lowest BCUT2D eigenvalue weighted by Crippen LogP contribution is -2.20. The molecule has 1 heterocycles. The van der Waals surface area contributed by atoms with Crippen LogP contribution in [0.5, 0.6) is 0 Å². The van der Waals surface area contributed by atoms with Crippen LogP contribution in [0.1, 0.15) is 49.4 Å². The zero-order valence-electron chi connectivity index (χ0n) is 14.3. The van der Waals surface area contributed by atoms with Crippen LogP contribution in [0.15, 0.2) is 29.2 Å². The number of hydrogen-bond acceptors (Lipinski definition) is 6. The summed E-state index contributed by atoms with van der Waals surface area (Å²) in [5.74, 6) is -2.19. The number of aromatic carboxylic acids is 1. The summed E-state index contributed by atoms with van der Waals surface area (Å²) >= 11 is 0. The topological polar surface area (TPSA) is 120 Å². The van der Waals surface area contributed by atoms with E-state index in [0.29, 0.717) is 10.3 Å². The Morgan fingerprint density at radius 2 is 1.85 bits per heavy atom. The highest BCUT2D eigenvalue weighted by Gasteiger charge is 2.32. The molecular formula is C17H17NO7S. The molecule has 9 heteroatoms. The van der Waals surface area contributed by atoms with Crippen LogP contribution in [0.25, 0.3) is 0 Å². The molecule has 0 radical (unpaired) electrons. The predicted molar refractivity (Wildman–Crippen MR) is 91.2 cm³/mol. The second-order valence-electron chi connectivity index (χ2n) is 5.38. The van der Waals surface area contributed by atoms with Crippen LogP contribution in [0.3, 0.4) is 0 Å². The zero-order valence-corrected chi connectivity index (χ0v) is 15.2. The van der Waals surface area contributed by atoms with Crippen molar-refractivity contribution < 1.29 is 32.6 Å². The Labute approximate surface area is 150 Å². The monoisotopic (exact) mass is 379 g/mol. The van der Waals surface area contributed by atoms with Crippen LogP contribution >= 0.6 is 0 Å². The molecule has 26 heavy (non-hydrogen) atoms. The summed E-state index contributed by atoms with van der Waals surface area (Å²) in [6.45, 7) is 4.46. The minimum Gasteiger partial charge on any atom is -0.478 e. The first kappa shape index (κ1) is 19.4. The molecule has 0 fully saturated rings. The molecule has 0 bridgehead atoms. The number of nitrogens with zero attached hydrogens (tertiary/aromatic N) is 1. The Morgan fingerprint density at radius 1 is 1.23 bits per heavy atom. The van der Waals surface area contributed by atoms with Gasteiger partial charge in [-0.25, -0.2) is 22.0 Å². The highest BCUT2D eigenvalue weighted by molar-refractivity contribution is 7.90. The molecule has 1 N–H and O–H groups in total. The Kier molecular flexibility index (Phi) is 5.31. The molecule has 0 aliphatic rings. The maximum Gasteiger partial charge on any atom is 0.340 e. The molecule has 0 saturated heterocycles. The molecule has 0 saturated carbocycles. The average Bonchev–Trinajstić information content (AvgIpc) is 2.85. The maximum atomic E-state index is 13.1. The van der Waals surface area contributed by atoms with Gasteiger partial charge in [-0.2, -0.15) is 0 Å². The van der Waals surface area contributed by atoms with E-state index >= 15 is 0 Å². The van der Waals surface area contributed by atoms with Crippen molar-refractivity contribution in [2.75, 3.05) is 6.61 Å². The van der Waals surface area contributed by atoms with E-state index in [9.17, 15) is 27.9 Å². The Hall–Kier alpha value is -2.94. The molecule has 1 aromatic carbocycles. The largest absolute Gasteiger partial charge is 0.478 e.